The minimum Gasteiger partial charge on any atom is -0.493 e. The quantitative estimate of drug-likeness (QED) is 0.366. The van der Waals surface area contributed by atoms with Gasteiger partial charge in [-0.15, -0.1) is 0 Å². The molecule has 160 valence electrons. The normalized spacial score (nSPS) is 14.1. The van der Waals surface area contributed by atoms with Gasteiger partial charge in [-0.25, -0.2) is 9.97 Å². The summed E-state index contributed by atoms with van der Waals surface area (Å²) in [6.45, 7) is 3.05. The van der Waals surface area contributed by atoms with E-state index in [2.05, 4.69) is 35.3 Å². The van der Waals surface area contributed by atoms with E-state index in [9.17, 15) is 0 Å². The van der Waals surface area contributed by atoms with Crippen molar-refractivity contribution in [3.05, 3.63) is 48.5 Å². The summed E-state index contributed by atoms with van der Waals surface area (Å²) in [5, 5.41) is 5.70. The lowest BCUT2D eigenvalue weighted by Crippen LogP contribution is -2.51. The predicted molar refractivity (Wildman–Crippen MR) is 124 cm³/mol. The molecule has 1 saturated heterocycles. The Kier molecular flexibility index (Phi) is 6.37. The molecule has 0 bridgehead atoms. The Hall–Kier alpha value is -3.53. The Balaban J connectivity index is 1.42. The summed E-state index contributed by atoms with van der Waals surface area (Å²) in [4.78, 5) is 17.4. The molecule has 31 heavy (non-hydrogen) atoms. The number of aromatic nitrogens is 3. The molecule has 0 unspecified atom stereocenters. The van der Waals surface area contributed by atoms with E-state index >= 15 is 0 Å². The first kappa shape index (κ1) is 20.7. The van der Waals surface area contributed by atoms with Crippen LogP contribution in [0.2, 0.25) is 0 Å². The fourth-order valence-electron chi connectivity index (χ4n) is 3.42. The van der Waals surface area contributed by atoms with Crippen molar-refractivity contribution in [2.24, 2.45) is 5.10 Å². The number of hydrogen-bond acceptors (Lipinski definition) is 8. The number of benzene rings is 1. The topological polar surface area (TPSA) is 88.0 Å². The number of ether oxygens (including phenoxy) is 2. The standard InChI is InChI=1S/C21H23N7O2S/c1-29-18-11-16-17(12-19(18)30-2)23-14-24-20(16)27-7-9-28(10-8-27)21(31)26-25-13-15-5-3-4-6-22-15/h3-6,11-14H,7-10H2,1-2H3,(H,26,31)/b25-13+. The van der Waals surface area contributed by atoms with Gasteiger partial charge in [-0.05, 0) is 30.4 Å². The van der Waals surface area contributed by atoms with Crippen molar-refractivity contribution in [3.8, 4) is 11.5 Å². The van der Waals surface area contributed by atoms with Crippen LogP contribution in [0.4, 0.5) is 5.82 Å². The maximum Gasteiger partial charge on any atom is 0.189 e. The number of methoxy groups -OCH3 is 2. The summed E-state index contributed by atoms with van der Waals surface area (Å²) < 4.78 is 10.8. The summed E-state index contributed by atoms with van der Waals surface area (Å²) in [5.74, 6) is 2.17. The molecule has 1 aromatic carbocycles. The van der Waals surface area contributed by atoms with Crippen molar-refractivity contribution < 1.29 is 9.47 Å². The van der Waals surface area contributed by atoms with E-state index in [0.717, 1.165) is 48.6 Å². The molecule has 3 aromatic rings. The van der Waals surface area contributed by atoms with Gasteiger partial charge in [-0.1, -0.05) is 6.07 Å². The molecule has 1 aliphatic heterocycles. The van der Waals surface area contributed by atoms with Crippen LogP contribution in [-0.4, -0.2) is 71.6 Å². The number of nitrogens with zero attached hydrogens (tertiary/aromatic N) is 6. The highest BCUT2D eigenvalue weighted by Gasteiger charge is 2.22. The third kappa shape index (κ3) is 4.64. The molecule has 1 fully saturated rings. The molecule has 1 N–H and O–H groups in total. The third-order valence-corrected chi connectivity index (χ3v) is 5.38. The second-order valence-electron chi connectivity index (χ2n) is 6.83. The zero-order chi connectivity index (χ0) is 21.6. The lowest BCUT2D eigenvalue weighted by Gasteiger charge is -2.36. The molecule has 1 aliphatic rings. The van der Waals surface area contributed by atoms with Gasteiger partial charge in [0.25, 0.3) is 0 Å². The van der Waals surface area contributed by atoms with Crippen molar-refractivity contribution in [3.63, 3.8) is 0 Å². The van der Waals surface area contributed by atoms with Crippen molar-refractivity contribution in [2.75, 3.05) is 45.3 Å². The summed E-state index contributed by atoms with van der Waals surface area (Å²) in [6.07, 6.45) is 4.95. The van der Waals surface area contributed by atoms with E-state index in [1.807, 2.05) is 30.3 Å². The number of anilines is 1. The molecule has 0 spiro atoms. The molecule has 0 radical (unpaired) electrons. The molecule has 0 saturated carbocycles. The largest absolute Gasteiger partial charge is 0.493 e. The van der Waals surface area contributed by atoms with Crippen LogP contribution in [0.5, 0.6) is 11.5 Å². The van der Waals surface area contributed by atoms with E-state index in [1.165, 1.54) is 0 Å². The number of hydrazone groups is 1. The average molecular weight is 438 g/mol. The van der Waals surface area contributed by atoms with Crippen molar-refractivity contribution in [2.45, 2.75) is 0 Å². The van der Waals surface area contributed by atoms with Crippen molar-refractivity contribution in [1.29, 1.82) is 0 Å². The van der Waals surface area contributed by atoms with Gasteiger partial charge < -0.3 is 19.3 Å². The van der Waals surface area contributed by atoms with Gasteiger partial charge in [0.05, 0.1) is 31.6 Å². The molecule has 0 amide bonds. The number of piperazine rings is 1. The molecular formula is C21H23N7O2S. The van der Waals surface area contributed by atoms with Crippen LogP contribution in [0.15, 0.2) is 48.0 Å². The monoisotopic (exact) mass is 437 g/mol. The van der Waals surface area contributed by atoms with Gasteiger partial charge in [0.1, 0.15) is 12.1 Å². The first-order chi connectivity index (χ1) is 15.2. The summed E-state index contributed by atoms with van der Waals surface area (Å²) >= 11 is 5.49. The van der Waals surface area contributed by atoms with Crippen LogP contribution in [0.1, 0.15) is 5.69 Å². The highest BCUT2D eigenvalue weighted by Crippen LogP contribution is 2.34. The highest BCUT2D eigenvalue weighted by atomic mass is 32.1. The zero-order valence-electron chi connectivity index (χ0n) is 17.4. The van der Waals surface area contributed by atoms with Crippen LogP contribution in [0, 0.1) is 0 Å². The van der Waals surface area contributed by atoms with Gasteiger partial charge in [-0.3, -0.25) is 10.4 Å². The molecule has 10 heteroatoms. The third-order valence-electron chi connectivity index (χ3n) is 5.03. The Bertz CT molecular complexity index is 1090. The first-order valence-corrected chi connectivity index (χ1v) is 10.2. The SMILES string of the molecule is COc1cc2ncnc(N3CCN(C(=S)N/N=C/c4ccccn4)CC3)c2cc1OC. The summed E-state index contributed by atoms with van der Waals surface area (Å²) in [5.41, 5.74) is 4.51. The smallest absolute Gasteiger partial charge is 0.189 e. The van der Waals surface area contributed by atoms with Gasteiger partial charge in [0.2, 0.25) is 0 Å². The molecule has 4 rings (SSSR count). The van der Waals surface area contributed by atoms with Crippen LogP contribution < -0.4 is 19.8 Å². The Morgan fingerprint density at radius 2 is 1.84 bits per heavy atom. The Labute approximate surface area is 185 Å². The fraction of sp³-hybridized carbons (Fsp3) is 0.286. The molecule has 0 atom stereocenters. The zero-order valence-corrected chi connectivity index (χ0v) is 18.2. The maximum absolute atomic E-state index is 5.49. The molecule has 3 heterocycles. The summed E-state index contributed by atoms with van der Waals surface area (Å²) in [6, 6.07) is 9.45. The molecule has 2 aromatic heterocycles. The highest BCUT2D eigenvalue weighted by molar-refractivity contribution is 7.80. The Morgan fingerprint density at radius 3 is 2.55 bits per heavy atom. The van der Waals surface area contributed by atoms with Crippen LogP contribution in [-0.2, 0) is 0 Å². The predicted octanol–water partition coefficient (Wildman–Crippen LogP) is 2.07. The number of fused-ring (bicyclic) bond motifs is 1. The number of hydrogen-bond donors (Lipinski definition) is 1. The average Bonchev–Trinajstić information content (AvgIpc) is 2.83. The van der Waals surface area contributed by atoms with Crippen molar-refractivity contribution in [1.82, 2.24) is 25.3 Å². The number of thiocarbonyl (C=S) groups is 1. The van der Waals surface area contributed by atoms with E-state index in [4.69, 9.17) is 21.7 Å². The summed E-state index contributed by atoms with van der Waals surface area (Å²) in [7, 11) is 3.23. The van der Waals surface area contributed by atoms with Crippen LogP contribution >= 0.6 is 12.2 Å². The van der Waals surface area contributed by atoms with E-state index < -0.39 is 0 Å². The van der Waals surface area contributed by atoms with Gasteiger partial charge in [-0.2, -0.15) is 5.10 Å². The van der Waals surface area contributed by atoms with E-state index in [-0.39, 0.29) is 0 Å². The first-order valence-electron chi connectivity index (χ1n) is 9.80. The van der Waals surface area contributed by atoms with E-state index in [1.54, 1.807) is 33.0 Å². The number of rotatable bonds is 5. The number of nitrogens with one attached hydrogen (secondary N) is 1. The maximum atomic E-state index is 5.49. The van der Waals surface area contributed by atoms with Gasteiger partial charge >= 0.3 is 0 Å². The van der Waals surface area contributed by atoms with Crippen LogP contribution in [0.3, 0.4) is 0 Å². The molecular weight excluding hydrogens is 414 g/mol. The minimum atomic E-state index is 0.589. The van der Waals surface area contributed by atoms with Gasteiger partial charge in [0.15, 0.2) is 16.6 Å². The minimum absolute atomic E-state index is 0.589. The van der Waals surface area contributed by atoms with Crippen molar-refractivity contribution >= 4 is 40.3 Å². The number of pyridine rings is 1. The second kappa shape index (κ2) is 9.52. The van der Waals surface area contributed by atoms with Gasteiger partial charge in [0, 0.05) is 43.8 Å². The Morgan fingerprint density at radius 1 is 1.06 bits per heavy atom. The van der Waals surface area contributed by atoms with Crippen LogP contribution in [0.25, 0.3) is 10.9 Å². The lowest BCUT2D eigenvalue weighted by molar-refractivity contribution is 0.355. The fourth-order valence-corrected chi connectivity index (χ4v) is 3.65. The molecule has 0 aliphatic carbocycles. The lowest BCUT2D eigenvalue weighted by atomic mass is 10.2. The van der Waals surface area contributed by atoms with E-state index in [0.29, 0.717) is 16.6 Å². The molecule has 9 nitrogen and oxygen atoms in total. The second-order valence-corrected chi connectivity index (χ2v) is 7.21.